The quantitative estimate of drug-likeness (QED) is 0.199. The molecule has 0 aliphatic rings. The number of rotatable bonds is 10. The molecule has 8 nitrogen and oxygen atoms in total. The molecular weight excluding hydrogens is 448 g/mol. The van der Waals surface area contributed by atoms with Crippen LogP contribution in [0.4, 0.5) is 0 Å². The Kier molecular flexibility index (Phi) is 8.68. The minimum atomic E-state index is -0.593. The Balaban J connectivity index is 1.68. The summed E-state index contributed by atoms with van der Waals surface area (Å²) >= 11 is 0. The van der Waals surface area contributed by atoms with Crippen LogP contribution >= 0.6 is 0 Å². The van der Waals surface area contributed by atoms with E-state index in [2.05, 4.69) is 5.32 Å². The summed E-state index contributed by atoms with van der Waals surface area (Å²) in [6, 6.07) is 15.8. The van der Waals surface area contributed by atoms with Crippen LogP contribution in [0, 0.1) is 25.2 Å². The van der Waals surface area contributed by atoms with E-state index in [-0.39, 0.29) is 24.5 Å². The highest BCUT2D eigenvalue weighted by atomic mass is 16.6. The van der Waals surface area contributed by atoms with Crippen molar-refractivity contribution < 1.29 is 28.2 Å². The summed E-state index contributed by atoms with van der Waals surface area (Å²) in [5.74, 6) is 0.549. The lowest BCUT2D eigenvalue weighted by Crippen LogP contribution is -2.23. The number of carbonyl (C=O) groups is 2. The first kappa shape index (κ1) is 25.1. The van der Waals surface area contributed by atoms with Crippen molar-refractivity contribution >= 4 is 18.0 Å². The summed E-state index contributed by atoms with van der Waals surface area (Å²) in [5.41, 5.74) is 2.46. The van der Waals surface area contributed by atoms with Crippen molar-refractivity contribution in [2.45, 2.75) is 27.3 Å². The fourth-order valence-electron chi connectivity index (χ4n) is 3.21. The van der Waals surface area contributed by atoms with Gasteiger partial charge in [0.15, 0.2) is 18.1 Å². The molecule has 8 heteroatoms. The van der Waals surface area contributed by atoms with Crippen LogP contribution in [0.2, 0.25) is 0 Å². The Hall–Kier alpha value is -4.51. The molecule has 0 radical (unpaired) electrons. The highest BCUT2D eigenvalue weighted by Gasteiger charge is 2.14. The third kappa shape index (κ3) is 7.24. The van der Waals surface area contributed by atoms with E-state index < -0.39 is 11.9 Å². The van der Waals surface area contributed by atoms with Gasteiger partial charge < -0.3 is 23.9 Å². The van der Waals surface area contributed by atoms with Crippen LogP contribution in [-0.2, 0) is 16.1 Å². The van der Waals surface area contributed by atoms with Crippen molar-refractivity contribution in [3.8, 4) is 23.3 Å². The second kappa shape index (κ2) is 12.1. The number of furan rings is 1. The van der Waals surface area contributed by atoms with Crippen LogP contribution in [-0.4, -0.2) is 25.1 Å². The number of aryl methyl sites for hydroxylation is 2. The molecule has 0 aliphatic carbocycles. The van der Waals surface area contributed by atoms with E-state index >= 15 is 0 Å². The maximum Gasteiger partial charge on any atom is 0.349 e. The van der Waals surface area contributed by atoms with Gasteiger partial charge in [0.25, 0.3) is 5.91 Å². The maximum atomic E-state index is 12.4. The van der Waals surface area contributed by atoms with Gasteiger partial charge in [0.2, 0.25) is 0 Å². The van der Waals surface area contributed by atoms with E-state index in [1.54, 1.807) is 37.3 Å². The van der Waals surface area contributed by atoms with Crippen molar-refractivity contribution in [3.63, 3.8) is 0 Å². The van der Waals surface area contributed by atoms with E-state index in [1.165, 1.54) is 12.3 Å². The highest BCUT2D eigenvalue weighted by Crippen LogP contribution is 2.30. The Morgan fingerprint density at radius 1 is 1.06 bits per heavy atom. The van der Waals surface area contributed by atoms with Crippen LogP contribution < -0.4 is 19.5 Å². The number of esters is 1. The molecule has 0 spiro atoms. The number of carbonyl (C=O) groups excluding carboxylic acids is 2. The first-order chi connectivity index (χ1) is 16.9. The number of nitrogens with one attached hydrogen (secondary N) is 1. The lowest BCUT2D eigenvalue weighted by atomic mass is 10.1. The largest absolute Gasteiger partial charge is 0.490 e. The van der Waals surface area contributed by atoms with Gasteiger partial charge in [-0.2, -0.15) is 5.26 Å². The lowest BCUT2D eigenvalue weighted by molar-refractivity contribution is -0.136. The molecule has 3 rings (SSSR count). The number of amides is 1. The Morgan fingerprint density at radius 2 is 1.86 bits per heavy atom. The SMILES string of the molecule is CCOc1cc(/C=C(\C#N)C(=O)NCc2ccco2)ccc1OC(=O)COc1ccc(C)cc1C. The molecular formula is C27H26N2O6. The van der Waals surface area contributed by atoms with Crippen molar-refractivity contribution in [2.75, 3.05) is 13.2 Å². The molecule has 1 amide bonds. The summed E-state index contributed by atoms with van der Waals surface area (Å²) in [5, 5.41) is 12.1. The summed E-state index contributed by atoms with van der Waals surface area (Å²) in [4.78, 5) is 24.7. The molecule has 0 aliphatic heterocycles. The minimum absolute atomic E-state index is 0.0920. The zero-order valence-corrected chi connectivity index (χ0v) is 19.8. The maximum absolute atomic E-state index is 12.4. The normalized spacial score (nSPS) is 10.9. The van der Waals surface area contributed by atoms with Crippen molar-refractivity contribution in [2.24, 2.45) is 0 Å². The van der Waals surface area contributed by atoms with Gasteiger partial charge in [0.05, 0.1) is 19.4 Å². The Labute approximate surface area is 203 Å². The van der Waals surface area contributed by atoms with Crippen LogP contribution in [0.1, 0.15) is 29.4 Å². The molecule has 180 valence electrons. The molecule has 1 heterocycles. The van der Waals surface area contributed by atoms with Crippen LogP contribution in [0.3, 0.4) is 0 Å². The van der Waals surface area contributed by atoms with Crippen LogP contribution in [0.15, 0.2) is 64.8 Å². The molecule has 1 aromatic heterocycles. The van der Waals surface area contributed by atoms with E-state index in [0.29, 0.717) is 29.4 Å². The second-order valence-electron chi connectivity index (χ2n) is 7.60. The van der Waals surface area contributed by atoms with Crippen LogP contribution in [0.25, 0.3) is 6.08 Å². The number of nitriles is 1. The molecule has 0 saturated carbocycles. The first-order valence-electron chi connectivity index (χ1n) is 11.0. The fraction of sp³-hybridized carbons (Fsp3) is 0.222. The third-order valence-electron chi connectivity index (χ3n) is 4.85. The predicted molar refractivity (Wildman–Crippen MR) is 129 cm³/mol. The lowest BCUT2D eigenvalue weighted by Gasteiger charge is -2.13. The third-order valence-corrected chi connectivity index (χ3v) is 4.85. The Morgan fingerprint density at radius 3 is 2.54 bits per heavy atom. The average molecular weight is 475 g/mol. The second-order valence-corrected chi connectivity index (χ2v) is 7.60. The summed E-state index contributed by atoms with van der Waals surface area (Å²) in [6.45, 7) is 5.89. The smallest absolute Gasteiger partial charge is 0.349 e. The van der Waals surface area contributed by atoms with Gasteiger partial charge in [-0.15, -0.1) is 0 Å². The van der Waals surface area contributed by atoms with E-state index in [0.717, 1.165) is 11.1 Å². The number of hydrogen-bond acceptors (Lipinski definition) is 7. The average Bonchev–Trinajstić information content (AvgIpc) is 3.36. The molecule has 0 saturated heterocycles. The van der Waals surface area contributed by atoms with E-state index in [1.807, 2.05) is 38.1 Å². The van der Waals surface area contributed by atoms with E-state index in [9.17, 15) is 14.9 Å². The predicted octanol–water partition coefficient (Wildman–Crippen LogP) is 4.50. The first-order valence-corrected chi connectivity index (χ1v) is 11.0. The number of benzene rings is 2. The fourth-order valence-corrected chi connectivity index (χ4v) is 3.21. The molecule has 3 aromatic rings. The molecule has 0 fully saturated rings. The molecule has 1 N–H and O–H groups in total. The van der Waals surface area contributed by atoms with E-state index in [4.69, 9.17) is 18.6 Å². The molecule has 0 atom stereocenters. The van der Waals surface area contributed by atoms with Gasteiger partial charge in [-0.05, 0) is 68.3 Å². The van der Waals surface area contributed by atoms with Gasteiger partial charge in [0, 0.05) is 0 Å². The zero-order chi connectivity index (χ0) is 25.2. The molecule has 2 aromatic carbocycles. The van der Waals surface area contributed by atoms with Crippen molar-refractivity contribution in [1.29, 1.82) is 5.26 Å². The highest BCUT2D eigenvalue weighted by molar-refractivity contribution is 6.01. The summed E-state index contributed by atoms with van der Waals surface area (Å²) in [7, 11) is 0. The molecule has 0 bridgehead atoms. The topological polar surface area (TPSA) is 111 Å². The van der Waals surface area contributed by atoms with Crippen molar-refractivity contribution in [3.05, 3.63) is 82.8 Å². The molecule has 0 unspecified atom stereocenters. The monoisotopic (exact) mass is 474 g/mol. The number of ether oxygens (including phenoxy) is 3. The van der Waals surface area contributed by atoms with Gasteiger partial charge >= 0.3 is 5.97 Å². The van der Waals surface area contributed by atoms with Gasteiger partial charge in [-0.1, -0.05) is 23.8 Å². The molecule has 35 heavy (non-hydrogen) atoms. The van der Waals surface area contributed by atoms with Gasteiger partial charge in [-0.3, -0.25) is 4.79 Å². The Bertz CT molecular complexity index is 1260. The van der Waals surface area contributed by atoms with Gasteiger partial charge in [0.1, 0.15) is 23.2 Å². The van der Waals surface area contributed by atoms with Crippen LogP contribution in [0.5, 0.6) is 17.2 Å². The summed E-state index contributed by atoms with van der Waals surface area (Å²) in [6.07, 6.45) is 2.93. The standard InChI is InChI=1S/C27H26N2O6/c1-4-32-25-14-20(13-21(15-28)27(31)29-16-22-6-5-11-33-22)8-10-24(25)35-26(30)17-34-23-9-7-18(2)12-19(23)3/h5-14H,4,16-17H2,1-3H3,(H,29,31)/b21-13+. The number of hydrogen-bond donors (Lipinski definition) is 1. The van der Waals surface area contributed by atoms with Gasteiger partial charge in [-0.25, -0.2) is 4.79 Å². The number of nitrogens with zero attached hydrogens (tertiary/aromatic N) is 1. The van der Waals surface area contributed by atoms with Crippen molar-refractivity contribution in [1.82, 2.24) is 5.32 Å². The minimum Gasteiger partial charge on any atom is -0.490 e. The summed E-state index contributed by atoms with van der Waals surface area (Å²) < 4.78 is 21.8. The zero-order valence-electron chi connectivity index (χ0n) is 19.8.